The van der Waals surface area contributed by atoms with Crippen LogP contribution in [0.4, 0.5) is 0 Å². The number of hydrogen-bond donors (Lipinski definition) is 2. The number of fused-ring (bicyclic) bond motifs is 4. The topological polar surface area (TPSA) is 110 Å². The number of ether oxygens (including phenoxy) is 2. The van der Waals surface area contributed by atoms with Crippen molar-refractivity contribution < 1.29 is 34.1 Å². The average molecular weight is 573 g/mol. The van der Waals surface area contributed by atoms with Gasteiger partial charge in [0.25, 0.3) is 0 Å². The predicted molar refractivity (Wildman–Crippen MR) is 157 cm³/mol. The molecule has 0 saturated heterocycles. The molecule has 2 fully saturated rings. The molecule has 0 spiro atoms. The van der Waals surface area contributed by atoms with Crippen molar-refractivity contribution in [2.75, 3.05) is 0 Å². The fourth-order valence-corrected chi connectivity index (χ4v) is 10.2. The lowest BCUT2D eigenvalue weighted by Gasteiger charge is -2.63. The van der Waals surface area contributed by atoms with Crippen molar-refractivity contribution in [3.8, 4) is 0 Å². The summed E-state index contributed by atoms with van der Waals surface area (Å²) in [5.74, 6) is -0.726. The summed E-state index contributed by atoms with van der Waals surface area (Å²) in [6, 6.07) is 0. The maximum atomic E-state index is 12.4. The van der Waals surface area contributed by atoms with Crippen molar-refractivity contribution in [1.29, 1.82) is 0 Å². The number of carbonyl (C=O) groups is 3. The van der Waals surface area contributed by atoms with Gasteiger partial charge in [0.15, 0.2) is 0 Å². The first-order valence-electron chi connectivity index (χ1n) is 15.6. The van der Waals surface area contributed by atoms with Crippen LogP contribution in [-0.2, 0) is 23.9 Å². The van der Waals surface area contributed by atoms with Gasteiger partial charge in [0, 0.05) is 30.3 Å². The summed E-state index contributed by atoms with van der Waals surface area (Å²) in [6.45, 7) is 18.1. The molecule has 9 atom stereocenters. The molecule has 0 heterocycles. The molecule has 4 aliphatic rings. The highest BCUT2D eigenvalue weighted by atomic mass is 16.5. The molecule has 0 aliphatic heterocycles. The molecular formula is C34H52O7. The number of aliphatic hydroxyl groups excluding tert-OH is 1. The van der Waals surface area contributed by atoms with Crippen LogP contribution in [0.15, 0.2) is 22.8 Å². The smallest absolute Gasteiger partial charge is 0.330 e. The van der Waals surface area contributed by atoms with Crippen LogP contribution in [0.3, 0.4) is 0 Å². The van der Waals surface area contributed by atoms with E-state index in [1.807, 2.05) is 0 Å². The summed E-state index contributed by atoms with van der Waals surface area (Å²) >= 11 is 0. The van der Waals surface area contributed by atoms with Gasteiger partial charge in [0.1, 0.15) is 12.2 Å². The van der Waals surface area contributed by atoms with Gasteiger partial charge >= 0.3 is 17.9 Å². The summed E-state index contributed by atoms with van der Waals surface area (Å²) in [5.41, 5.74) is 1.67. The molecule has 4 aliphatic carbocycles. The molecule has 7 nitrogen and oxygen atoms in total. The number of esters is 2. The van der Waals surface area contributed by atoms with Crippen molar-refractivity contribution in [3.63, 3.8) is 0 Å². The van der Waals surface area contributed by atoms with Crippen LogP contribution in [0, 0.1) is 39.4 Å². The predicted octanol–water partition coefficient (Wildman–Crippen LogP) is 6.63. The third-order valence-corrected chi connectivity index (χ3v) is 12.5. The van der Waals surface area contributed by atoms with Gasteiger partial charge in [-0.3, -0.25) is 9.59 Å². The summed E-state index contributed by atoms with van der Waals surface area (Å²) < 4.78 is 11.9. The molecule has 0 aromatic rings. The van der Waals surface area contributed by atoms with E-state index in [4.69, 9.17) is 9.47 Å². The lowest BCUT2D eigenvalue weighted by atomic mass is 9.42. The molecule has 41 heavy (non-hydrogen) atoms. The summed E-state index contributed by atoms with van der Waals surface area (Å²) in [5, 5.41) is 21.3. The Morgan fingerprint density at radius 1 is 0.976 bits per heavy atom. The van der Waals surface area contributed by atoms with Crippen LogP contribution in [0.5, 0.6) is 0 Å². The number of aliphatic carboxylic acids is 1. The molecule has 0 aromatic carbocycles. The first-order valence-corrected chi connectivity index (χ1v) is 15.6. The molecule has 0 bridgehead atoms. The molecule has 2 N–H and O–H groups in total. The number of allylic oxidation sites excluding steroid dienone is 2. The minimum absolute atomic E-state index is 0.136. The van der Waals surface area contributed by atoms with Gasteiger partial charge in [-0.15, -0.1) is 0 Å². The monoisotopic (exact) mass is 572 g/mol. The van der Waals surface area contributed by atoms with Gasteiger partial charge in [-0.2, -0.15) is 0 Å². The largest absolute Gasteiger partial charge is 0.478 e. The van der Waals surface area contributed by atoms with Crippen molar-refractivity contribution in [2.24, 2.45) is 39.4 Å². The number of hydrogen-bond acceptors (Lipinski definition) is 6. The van der Waals surface area contributed by atoms with Crippen LogP contribution in [0.25, 0.3) is 0 Å². The van der Waals surface area contributed by atoms with Gasteiger partial charge in [-0.25, -0.2) is 4.79 Å². The van der Waals surface area contributed by atoms with Crippen LogP contribution < -0.4 is 0 Å². The van der Waals surface area contributed by atoms with Crippen molar-refractivity contribution in [1.82, 2.24) is 0 Å². The Bertz CT molecular complexity index is 1150. The average Bonchev–Trinajstić information content (AvgIpc) is 3.08. The van der Waals surface area contributed by atoms with Gasteiger partial charge in [-0.1, -0.05) is 53.2 Å². The maximum Gasteiger partial charge on any atom is 0.330 e. The number of carbonyl (C=O) groups excluding carboxylic acids is 2. The summed E-state index contributed by atoms with van der Waals surface area (Å²) in [6.07, 6.45) is 7.04. The Kier molecular flexibility index (Phi) is 8.40. The first kappa shape index (κ1) is 31.8. The Hall–Kier alpha value is -2.15. The summed E-state index contributed by atoms with van der Waals surface area (Å²) in [7, 11) is 0. The second-order valence-electron chi connectivity index (χ2n) is 14.9. The molecule has 0 unspecified atom stereocenters. The van der Waals surface area contributed by atoms with E-state index in [1.54, 1.807) is 13.0 Å². The molecule has 2 saturated carbocycles. The zero-order chi connectivity index (χ0) is 30.7. The van der Waals surface area contributed by atoms with E-state index < -0.39 is 17.5 Å². The number of carboxylic acid groups (broad SMARTS) is 1. The minimum atomic E-state index is -0.886. The Morgan fingerprint density at radius 2 is 1.59 bits per heavy atom. The normalized spacial score (nSPS) is 40.6. The lowest BCUT2D eigenvalue weighted by Crippen LogP contribution is -2.59. The highest BCUT2D eigenvalue weighted by Gasteiger charge is 2.69. The molecule has 0 radical (unpaired) electrons. The van der Waals surface area contributed by atoms with Crippen LogP contribution in [0.2, 0.25) is 0 Å². The second kappa shape index (κ2) is 10.8. The van der Waals surface area contributed by atoms with E-state index in [9.17, 15) is 24.6 Å². The molecule has 4 rings (SSSR count). The number of carboxylic acids is 1. The molecule has 7 heteroatoms. The van der Waals surface area contributed by atoms with E-state index in [1.165, 1.54) is 19.4 Å². The zero-order valence-corrected chi connectivity index (χ0v) is 26.6. The highest BCUT2D eigenvalue weighted by Crippen LogP contribution is 2.73. The first-order chi connectivity index (χ1) is 18.9. The maximum absolute atomic E-state index is 12.4. The second-order valence-corrected chi connectivity index (χ2v) is 14.9. The highest BCUT2D eigenvalue weighted by molar-refractivity contribution is 5.85. The lowest BCUT2D eigenvalue weighted by molar-refractivity contribution is -0.171. The fourth-order valence-electron chi connectivity index (χ4n) is 10.2. The molecular weight excluding hydrogens is 520 g/mol. The van der Waals surface area contributed by atoms with E-state index in [-0.39, 0.29) is 52.2 Å². The zero-order valence-electron chi connectivity index (χ0n) is 26.6. The fraction of sp³-hybridized carbons (Fsp3) is 0.794. The Balaban J connectivity index is 1.75. The minimum Gasteiger partial charge on any atom is -0.478 e. The molecule has 230 valence electrons. The van der Waals surface area contributed by atoms with E-state index in [0.717, 1.165) is 44.1 Å². The van der Waals surface area contributed by atoms with Gasteiger partial charge in [0.2, 0.25) is 0 Å². The summed E-state index contributed by atoms with van der Waals surface area (Å²) in [4.78, 5) is 35.7. The van der Waals surface area contributed by atoms with Crippen LogP contribution in [-0.4, -0.2) is 46.4 Å². The molecule has 0 aromatic heterocycles. The standard InChI is InChI=1S/C34H52O7/c1-19(11-10-12-20(2)30(38)39)24-17-28(41-22(4)36)34(9)29-23(13-16-33(24,34)8)32(7)15-14-27(40-21(3)35)31(5,6)26(32)18-25(29)37/h12,19,24-28,37H,10-11,13-18H2,1-9H3,(H,38,39)/b20-12+/t19-,24-,25-,26-,27+,28+,32-,33-,34+/m1/s1. The van der Waals surface area contributed by atoms with E-state index >= 15 is 0 Å². The third kappa shape index (κ3) is 4.98. The Labute approximate surface area is 246 Å². The van der Waals surface area contributed by atoms with Gasteiger partial charge < -0.3 is 19.7 Å². The Morgan fingerprint density at radius 3 is 2.17 bits per heavy atom. The van der Waals surface area contributed by atoms with Crippen molar-refractivity contribution in [2.45, 2.75) is 132 Å². The SMILES string of the molecule is CC(=O)O[C@H]1CC[C@]2(C)C3=C([C@H](O)C[C@@H]2C1(C)C)[C@]1(C)[C@@H](OC(C)=O)C[C@H]([C@H](C)CC/C=C(\C)C(=O)O)[C@@]1(C)CC3. The van der Waals surface area contributed by atoms with Crippen LogP contribution >= 0.6 is 0 Å². The van der Waals surface area contributed by atoms with Gasteiger partial charge in [-0.05, 0) is 92.4 Å². The van der Waals surface area contributed by atoms with E-state index in [2.05, 4.69) is 41.5 Å². The van der Waals surface area contributed by atoms with E-state index in [0.29, 0.717) is 24.3 Å². The number of aliphatic hydroxyl groups is 1. The van der Waals surface area contributed by atoms with Gasteiger partial charge in [0.05, 0.1) is 6.10 Å². The number of rotatable bonds is 7. The van der Waals surface area contributed by atoms with Crippen molar-refractivity contribution in [3.05, 3.63) is 22.8 Å². The third-order valence-electron chi connectivity index (χ3n) is 12.5. The molecule has 0 amide bonds. The quantitative estimate of drug-likeness (QED) is 0.200. The van der Waals surface area contributed by atoms with Crippen LogP contribution in [0.1, 0.15) is 114 Å². The van der Waals surface area contributed by atoms with Crippen molar-refractivity contribution >= 4 is 17.9 Å².